The van der Waals surface area contributed by atoms with Gasteiger partial charge < -0.3 is 9.47 Å². The van der Waals surface area contributed by atoms with Gasteiger partial charge in [0, 0.05) is 12.3 Å². The van der Waals surface area contributed by atoms with E-state index in [4.69, 9.17) is 9.47 Å². The summed E-state index contributed by atoms with van der Waals surface area (Å²) in [6, 6.07) is 0. The Labute approximate surface area is 163 Å². The second-order valence-electron chi connectivity index (χ2n) is 10.2. The number of hydrogen-bond donors (Lipinski definition) is 0. The molecule has 0 aromatic carbocycles. The van der Waals surface area contributed by atoms with Crippen molar-refractivity contribution in [3.05, 3.63) is 12.2 Å². The molecule has 0 aromatic heterocycles. The summed E-state index contributed by atoms with van der Waals surface area (Å²) in [4.78, 5) is 24.6. The molecule has 0 heterocycles. The van der Waals surface area contributed by atoms with E-state index in [0.29, 0.717) is 17.8 Å². The quantitative estimate of drug-likeness (QED) is 0.521. The summed E-state index contributed by atoms with van der Waals surface area (Å²) in [5.74, 6) is 1.06. The third-order valence-electron chi connectivity index (χ3n) is 9.11. The molecule has 2 bridgehead atoms. The zero-order valence-corrected chi connectivity index (χ0v) is 17.3. The van der Waals surface area contributed by atoms with E-state index in [1.54, 1.807) is 0 Å². The fourth-order valence-electron chi connectivity index (χ4n) is 8.17. The predicted molar refractivity (Wildman–Crippen MR) is 103 cm³/mol. The number of methoxy groups -OCH3 is 1. The minimum atomic E-state index is -0.396. The molecule has 4 heteroatoms. The molecule has 27 heavy (non-hydrogen) atoms. The first kappa shape index (κ1) is 19.0. The first-order valence-electron chi connectivity index (χ1n) is 10.6. The van der Waals surface area contributed by atoms with Gasteiger partial charge in [-0.3, -0.25) is 9.59 Å². The van der Waals surface area contributed by atoms with E-state index >= 15 is 0 Å². The third kappa shape index (κ3) is 2.40. The Morgan fingerprint density at radius 3 is 2.48 bits per heavy atom. The van der Waals surface area contributed by atoms with Crippen LogP contribution in [0, 0.1) is 34.0 Å². The standard InChI is InChI=1S/C23H34O4/c1-14-16-7-8-18-21(3)10-6-11-22(4,20(25)26-5)17(21)9-12-23(18,13-16)19(14)27-15(2)24/h16-19H,1,6-13H2,2-5H3/t16-,17-,18+,19+,21-,22-,23-/m1/s1. The second-order valence-corrected chi connectivity index (χ2v) is 10.2. The summed E-state index contributed by atoms with van der Waals surface area (Å²) in [6.07, 6.45) is 8.43. The molecule has 4 rings (SSSR count). The van der Waals surface area contributed by atoms with Crippen LogP contribution < -0.4 is 0 Å². The van der Waals surface area contributed by atoms with Crippen LogP contribution in [0.4, 0.5) is 0 Å². The number of carbonyl (C=O) groups excluding carboxylic acids is 2. The zero-order valence-electron chi connectivity index (χ0n) is 17.3. The summed E-state index contributed by atoms with van der Waals surface area (Å²) in [7, 11) is 1.52. The Hall–Kier alpha value is -1.32. The summed E-state index contributed by atoms with van der Waals surface area (Å²) in [5.41, 5.74) is 0.854. The summed E-state index contributed by atoms with van der Waals surface area (Å²) in [5, 5.41) is 0. The van der Waals surface area contributed by atoms with Gasteiger partial charge in [-0.15, -0.1) is 0 Å². The lowest BCUT2D eigenvalue weighted by atomic mass is 9.40. The highest BCUT2D eigenvalue weighted by Crippen LogP contribution is 2.72. The molecule has 4 saturated carbocycles. The van der Waals surface area contributed by atoms with Crippen LogP contribution >= 0.6 is 0 Å². The van der Waals surface area contributed by atoms with Gasteiger partial charge in [-0.1, -0.05) is 19.9 Å². The maximum absolute atomic E-state index is 12.8. The zero-order chi connectivity index (χ0) is 19.6. The molecular formula is C23H34O4. The van der Waals surface area contributed by atoms with Crippen LogP contribution in [-0.2, 0) is 19.1 Å². The van der Waals surface area contributed by atoms with E-state index in [2.05, 4.69) is 20.4 Å². The van der Waals surface area contributed by atoms with Crippen molar-refractivity contribution in [2.45, 2.75) is 78.2 Å². The fourth-order valence-corrected chi connectivity index (χ4v) is 8.17. The van der Waals surface area contributed by atoms with Crippen LogP contribution in [0.5, 0.6) is 0 Å². The first-order chi connectivity index (χ1) is 12.7. The smallest absolute Gasteiger partial charge is 0.311 e. The molecule has 4 aliphatic rings. The summed E-state index contributed by atoms with van der Waals surface area (Å²) >= 11 is 0. The molecule has 0 aromatic rings. The van der Waals surface area contributed by atoms with Gasteiger partial charge in [0.25, 0.3) is 0 Å². The lowest BCUT2D eigenvalue weighted by molar-refractivity contribution is -0.197. The Morgan fingerprint density at radius 1 is 1.07 bits per heavy atom. The van der Waals surface area contributed by atoms with E-state index < -0.39 is 5.41 Å². The van der Waals surface area contributed by atoms with E-state index in [0.717, 1.165) is 56.9 Å². The number of ether oxygens (including phenoxy) is 2. The third-order valence-corrected chi connectivity index (χ3v) is 9.11. The van der Waals surface area contributed by atoms with Gasteiger partial charge in [0.1, 0.15) is 6.10 Å². The van der Waals surface area contributed by atoms with Crippen molar-refractivity contribution in [3.8, 4) is 0 Å². The van der Waals surface area contributed by atoms with Crippen LogP contribution in [0.25, 0.3) is 0 Å². The molecule has 1 spiro atoms. The van der Waals surface area contributed by atoms with Gasteiger partial charge >= 0.3 is 11.9 Å². The Balaban J connectivity index is 1.75. The molecular weight excluding hydrogens is 340 g/mol. The van der Waals surface area contributed by atoms with Crippen molar-refractivity contribution < 1.29 is 19.1 Å². The normalized spacial score (nSPS) is 48.4. The number of rotatable bonds is 2. The molecule has 4 aliphatic carbocycles. The molecule has 0 aliphatic heterocycles. The number of hydrogen-bond acceptors (Lipinski definition) is 4. The number of fused-ring (bicyclic) bond motifs is 3. The highest BCUT2D eigenvalue weighted by molar-refractivity contribution is 5.77. The summed E-state index contributed by atoms with van der Waals surface area (Å²) < 4.78 is 11.2. The van der Waals surface area contributed by atoms with Crippen molar-refractivity contribution in [2.75, 3.05) is 7.11 Å². The van der Waals surface area contributed by atoms with Crippen molar-refractivity contribution in [3.63, 3.8) is 0 Å². The molecule has 0 radical (unpaired) electrons. The molecule has 150 valence electrons. The van der Waals surface area contributed by atoms with Crippen LogP contribution in [0.3, 0.4) is 0 Å². The van der Waals surface area contributed by atoms with Crippen LogP contribution in [0.2, 0.25) is 0 Å². The average molecular weight is 375 g/mol. The van der Waals surface area contributed by atoms with E-state index in [1.807, 2.05) is 0 Å². The van der Waals surface area contributed by atoms with E-state index in [1.165, 1.54) is 14.0 Å². The highest BCUT2D eigenvalue weighted by atomic mass is 16.5. The van der Waals surface area contributed by atoms with Crippen molar-refractivity contribution in [2.24, 2.45) is 34.0 Å². The molecule has 4 fully saturated rings. The molecule has 7 atom stereocenters. The van der Waals surface area contributed by atoms with Gasteiger partial charge in [0.2, 0.25) is 0 Å². The topological polar surface area (TPSA) is 52.6 Å². The van der Waals surface area contributed by atoms with Gasteiger partial charge in [0.15, 0.2) is 0 Å². The molecule has 4 nitrogen and oxygen atoms in total. The van der Waals surface area contributed by atoms with Gasteiger partial charge in [0.05, 0.1) is 12.5 Å². The largest absolute Gasteiger partial charge is 0.469 e. The predicted octanol–water partition coefficient (Wildman–Crippen LogP) is 4.67. The Kier molecular flexibility index (Phi) is 4.29. The molecule has 0 amide bonds. The monoisotopic (exact) mass is 374 g/mol. The first-order valence-corrected chi connectivity index (χ1v) is 10.6. The van der Waals surface area contributed by atoms with Gasteiger partial charge in [-0.2, -0.15) is 0 Å². The number of carbonyl (C=O) groups is 2. The summed E-state index contributed by atoms with van der Waals surface area (Å²) in [6.45, 7) is 10.4. The second kappa shape index (κ2) is 6.09. The van der Waals surface area contributed by atoms with E-state index in [-0.39, 0.29) is 28.9 Å². The molecule has 0 unspecified atom stereocenters. The van der Waals surface area contributed by atoms with Crippen molar-refractivity contribution in [1.82, 2.24) is 0 Å². The van der Waals surface area contributed by atoms with Crippen LogP contribution in [0.15, 0.2) is 12.2 Å². The van der Waals surface area contributed by atoms with Crippen molar-refractivity contribution >= 4 is 11.9 Å². The van der Waals surface area contributed by atoms with Crippen LogP contribution in [-0.4, -0.2) is 25.2 Å². The minimum Gasteiger partial charge on any atom is -0.469 e. The van der Waals surface area contributed by atoms with Crippen molar-refractivity contribution in [1.29, 1.82) is 0 Å². The van der Waals surface area contributed by atoms with E-state index in [9.17, 15) is 9.59 Å². The van der Waals surface area contributed by atoms with Crippen LogP contribution in [0.1, 0.15) is 72.1 Å². The minimum absolute atomic E-state index is 0.0191. The lowest BCUT2D eigenvalue weighted by Gasteiger charge is -2.64. The molecule has 0 N–H and O–H groups in total. The lowest BCUT2D eigenvalue weighted by Crippen LogP contribution is -2.60. The number of esters is 2. The van der Waals surface area contributed by atoms with Gasteiger partial charge in [-0.05, 0) is 80.6 Å². The highest BCUT2D eigenvalue weighted by Gasteiger charge is 2.68. The maximum Gasteiger partial charge on any atom is 0.311 e. The fraction of sp³-hybridized carbons (Fsp3) is 0.826. The average Bonchev–Trinajstić information content (AvgIpc) is 2.81. The van der Waals surface area contributed by atoms with Gasteiger partial charge in [-0.25, -0.2) is 0 Å². The maximum atomic E-state index is 12.8. The Bertz CT molecular complexity index is 684. The Morgan fingerprint density at radius 2 is 1.81 bits per heavy atom. The molecule has 0 saturated heterocycles. The SMILES string of the molecule is C=C1[C@@H]2CC[C@H]3[C@]4(C)CCC[C@@](C)(C(=O)OC)[C@@H]4CC[C@]3(C2)[C@H]1OC(C)=O.